The molecule has 19 heavy (non-hydrogen) atoms. The van der Waals surface area contributed by atoms with Gasteiger partial charge in [-0.25, -0.2) is 4.98 Å². The lowest BCUT2D eigenvalue weighted by Crippen LogP contribution is -2.13. The molecule has 0 saturated carbocycles. The van der Waals surface area contributed by atoms with E-state index in [0.717, 1.165) is 16.9 Å². The van der Waals surface area contributed by atoms with E-state index < -0.39 is 5.92 Å². The fourth-order valence-corrected chi connectivity index (χ4v) is 2.28. The van der Waals surface area contributed by atoms with Crippen LogP contribution in [0.2, 0.25) is 0 Å². The van der Waals surface area contributed by atoms with Crippen molar-refractivity contribution in [2.24, 2.45) is 0 Å². The molecule has 0 spiro atoms. The molecule has 1 aromatic heterocycles. The maximum atomic E-state index is 12.0. The van der Waals surface area contributed by atoms with Crippen LogP contribution in [0, 0.1) is 0 Å². The third-order valence-corrected chi connectivity index (χ3v) is 3.03. The molecule has 0 fully saturated rings. The summed E-state index contributed by atoms with van der Waals surface area (Å²) < 4.78 is 0. The number of H-pyrrole nitrogens is 1. The molecule has 0 saturated heterocycles. The summed E-state index contributed by atoms with van der Waals surface area (Å²) in [6, 6.07) is 5.35. The molecule has 2 aromatic rings. The van der Waals surface area contributed by atoms with E-state index in [1.54, 1.807) is 24.4 Å². The average molecular weight is 256 g/mol. The minimum absolute atomic E-state index is 0.0979. The van der Waals surface area contributed by atoms with Gasteiger partial charge in [0.1, 0.15) is 5.92 Å². The van der Waals surface area contributed by atoms with E-state index in [1.807, 2.05) is 0 Å². The van der Waals surface area contributed by atoms with Crippen molar-refractivity contribution in [1.29, 1.82) is 0 Å². The molecule has 6 heteroatoms. The van der Waals surface area contributed by atoms with Crippen molar-refractivity contribution in [3.63, 3.8) is 0 Å². The van der Waals surface area contributed by atoms with Gasteiger partial charge in [0.15, 0.2) is 0 Å². The molecule has 96 valence electrons. The van der Waals surface area contributed by atoms with Gasteiger partial charge in [-0.3, -0.25) is 9.59 Å². The molecule has 2 amide bonds. The third-order valence-electron chi connectivity index (χ3n) is 3.03. The molecule has 1 aromatic carbocycles. The van der Waals surface area contributed by atoms with Crippen LogP contribution in [0.3, 0.4) is 0 Å². The maximum absolute atomic E-state index is 12.0. The largest absolute Gasteiger partial charge is 0.348 e. The van der Waals surface area contributed by atoms with Crippen molar-refractivity contribution in [3.8, 4) is 0 Å². The molecule has 2 heterocycles. The van der Waals surface area contributed by atoms with Crippen LogP contribution in [-0.4, -0.2) is 21.8 Å². The first-order chi connectivity index (χ1) is 9.15. The highest BCUT2D eigenvalue weighted by Gasteiger charge is 2.33. The Balaban J connectivity index is 2.03. The summed E-state index contributed by atoms with van der Waals surface area (Å²) in [6.07, 6.45) is 3.17. The second-order valence-corrected chi connectivity index (χ2v) is 4.41. The maximum Gasteiger partial charge on any atom is 0.238 e. The lowest BCUT2D eigenvalue weighted by molar-refractivity contribution is -0.116. The number of hydrogen-bond donors (Lipinski definition) is 3. The predicted molar refractivity (Wildman–Crippen MR) is 69.8 cm³/mol. The van der Waals surface area contributed by atoms with Crippen LogP contribution in [0.15, 0.2) is 30.7 Å². The smallest absolute Gasteiger partial charge is 0.238 e. The van der Waals surface area contributed by atoms with Crippen molar-refractivity contribution < 1.29 is 9.59 Å². The minimum atomic E-state index is -0.411. The fourth-order valence-electron chi connectivity index (χ4n) is 2.28. The number of amides is 2. The zero-order valence-corrected chi connectivity index (χ0v) is 10.2. The zero-order chi connectivity index (χ0) is 13.4. The predicted octanol–water partition coefficient (Wildman–Crippen LogP) is 1.45. The standard InChI is InChI=1S/C13H12N4O2/c1-7(18)16-8-2-3-10-9(4-8)12(13(19)17-10)11-5-14-6-15-11/h2-6,12H,1H3,(H,14,15)(H,16,18)(H,17,19). The number of aromatic amines is 1. The number of carbonyl (C=O) groups excluding carboxylic acids is 2. The second-order valence-electron chi connectivity index (χ2n) is 4.41. The van der Waals surface area contributed by atoms with Crippen molar-refractivity contribution in [2.45, 2.75) is 12.8 Å². The number of imidazole rings is 1. The molecular formula is C13H12N4O2. The number of fused-ring (bicyclic) bond motifs is 1. The van der Waals surface area contributed by atoms with E-state index in [9.17, 15) is 9.59 Å². The summed E-state index contributed by atoms with van der Waals surface area (Å²) in [4.78, 5) is 30.0. The quantitative estimate of drug-likeness (QED) is 0.760. The van der Waals surface area contributed by atoms with E-state index in [1.165, 1.54) is 13.3 Å². The summed E-state index contributed by atoms with van der Waals surface area (Å²) >= 11 is 0. The molecule has 3 rings (SSSR count). The van der Waals surface area contributed by atoms with Gasteiger partial charge in [-0.1, -0.05) is 0 Å². The fraction of sp³-hybridized carbons (Fsp3) is 0.154. The number of rotatable bonds is 2. The van der Waals surface area contributed by atoms with E-state index >= 15 is 0 Å². The Labute approximate surface area is 109 Å². The SMILES string of the molecule is CC(=O)Nc1ccc2c(c1)C(c1cnc[nH]1)C(=O)N2. The van der Waals surface area contributed by atoms with Crippen LogP contribution in [0.4, 0.5) is 11.4 Å². The van der Waals surface area contributed by atoms with Gasteiger partial charge in [-0.2, -0.15) is 0 Å². The summed E-state index contributed by atoms with van der Waals surface area (Å²) in [6.45, 7) is 1.45. The molecule has 0 aliphatic carbocycles. The van der Waals surface area contributed by atoms with Gasteiger partial charge in [-0.05, 0) is 23.8 Å². The van der Waals surface area contributed by atoms with Crippen molar-refractivity contribution >= 4 is 23.2 Å². The first kappa shape index (κ1) is 11.5. The van der Waals surface area contributed by atoms with Crippen LogP contribution >= 0.6 is 0 Å². The van der Waals surface area contributed by atoms with Gasteiger partial charge in [0.25, 0.3) is 0 Å². The highest BCUT2D eigenvalue weighted by atomic mass is 16.2. The summed E-state index contributed by atoms with van der Waals surface area (Å²) in [5, 5.41) is 5.53. The molecule has 1 aliphatic heterocycles. The van der Waals surface area contributed by atoms with Crippen LogP contribution in [0.1, 0.15) is 24.1 Å². The molecule has 3 N–H and O–H groups in total. The molecule has 1 atom stereocenters. The number of aromatic nitrogens is 2. The normalized spacial score (nSPS) is 16.9. The first-order valence-electron chi connectivity index (χ1n) is 5.86. The summed E-state index contributed by atoms with van der Waals surface area (Å²) in [7, 11) is 0. The number of nitrogens with one attached hydrogen (secondary N) is 3. The van der Waals surface area contributed by atoms with Gasteiger partial charge in [-0.15, -0.1) is 0 Å². The van der Waals surface area contributed by atoms with E-state index in [2.05, 4.69) is 20.6 Å². The van der Waals surface area contributed by atoms with Crippen LogP contribution in [-0.2, 0) is 9.59 Å². The molecule has 6 nitrogen and oxygen atoms in total. The van der Waals surface area contributed by atoms with Gasteiger partial charge in [0.05, 0.1) is 12.0 Å². The van der Waals surface area contributed by atoms with Crippen LogP contribution in [0.25, 0.3) is 0 Å². The number of hydrogen-bond acceptors (Lipinski definition) is 3. The Morgan fingerprint density at radius 3 is 2.95 bits per heavy atom. The average Bonchev–Trinajstić information content (AvgIpc) is 2.94. The minimum Gasteiger partial charge on any atom is -0.348 e. The lowest BCUT2D eigenvalue weighted by atomic mass is 9.97. The molecule has 0 radical (unpaired) electrons. The highest BCUT2D eigenvalue weighted by Crippen LogP contribution is 2.37. The van der Waals surface area contributed by atoms with Gasteiger partial charge >= 0.3 is 0 Å². The monoisotopic (exact) mass is 256 g/mol. The van der Waals surface area contributed by atoms with Crippen molar-refractivity contribution in [2.75, 3.05) is 10.6 Å². The van der Waals surface area contributed by atoms with E-state index in [0.29, 0.717) is 5.69 Å². The van der Waals surface area contributed by atoms with Crippen molar-refractivity contribution in [1.82, 2.24) is 9.97 Å². The number of benzene rings is 1. The van der Waals surface area contributed by atoms with Gasteiger partial charge < -0.3 is 15.6 Å². The molecule has 0 bridgehead atoms. The topological polar surface area (TPSA) is 86.9 Å². The third kappa shape index (κ3) is 1.97. The lowest BCUT2D eigenvalue weighted by Gasteiger charge is -2.08. The van der Waals surface area contributed by atoms with Gasteiger partial charge in [0, 0.05) is 24.5 Å². The number of anilines is 2. The first-order valence-corrected chi connectivity index (χ1v) is 5.86. The number of nitrogens with zero attached hydrogens (tertiary/aromatic N) is 1. The van der Waals surface area contributed by atoms with E-state index in [4.69, 9.17) is 0 Å². The Morgan fingerprint density at radius 1 is 1.42 bits per heavy atom. The van der Waals surface area contributed by atoms with E-state index in [-0.39, 0.29) is 11.8 Å². The van der Waals surface area contributed by atoms with Crippen LogP contribution in [0.5, 0.6) is 0 Å². The second kappa shape index (κ2) is 4.24. The Bertz CT molecular complexity index is 649. The summed E-state index contributed by atoms with van der Waals surface area (Å²) in [5.74, 6) is -0.652. The zero-order valence-electron chi connectivity index (χ0n) is 10.2. The van der Waals surface area contributed by atoms with Crippen LogP contribution < -0.4 is 10.6 Å². The highest BCUT2D eigenvalue weighted by molar-refractivity contribution is 6.05. The molecular weight excluding hydrogens is 244 g/mol. The Morgan fingerprint density at radius 2 is 2.26 bits per heavy atom. The van der Waals surface area contributed by atoms with Gasteiger partial charge in [0.2, 0.25) is 11.8 Å². The molecule has 1 aliphatic rings. The van der Waals surface area contributed by atoms with Crippen molar-refractivity contribution in [3.05, 3.63) is 42.0 Å². The number of carbonyl (C=O) groups is 2. The molecule has 1 unspecified atom stereocenters. The Hall–Kier alpha value is -2.63. The Kier molecular flexibility index (Phi) is 2.56. The summed E-state index contributed by atoms with van der Waals surface area (Å²) in [5.41, 5.74) is 3.00.